The Kier molecular flexibility index (Phi) is 6.20. The molecule has 2 aromatic heterocycles. The van der Waals surface area contributed by atoms with Crippen molar-refractivity contribution in [2.75, 3.05) is 37.7 Å². The fraction of sp³-hybridized carbons (Fsp3) is 0.231. The van der Waals surface area contributed by atoms with E-state index in [1.54, 1.807) is 11.0 Å². The van der Waals surface area contributed by atoms with E-state index in [1.165, 1.54) is 0 Å². The predicted octanol–water partition coefficient (Wildman–Crippen LogP) is 4.16. The van der Waals surface area contributed by atoms with E-state index < -0.39 is 0 Å². The molecule has 0 saturated carbocycles. The van der Waals surface area contributed by atoms with Gasteiger partial charge in [-0.3, -0.25) is 4.79 Å². The maximum atomic E-state index is 12.9. The highest BCUT2D eigenvalue weighted by molar-refractivity contribution is 5.93. The summed E-state index contributed by atoms with van der Waals surface area (Å²) in [6.07, 6.45) is 0. The third kappa shape index (κ3) is 4.61. The summed E-state index contributed by atoms with van der Waals surface area (Å²) in [7, 11) is 0. The highest BCUT2D eigenvalue weighted by Gasteiger charge is 2.25. The average Bonchev–Trinajstić information content (AvgIpc) is 3.40. The van der Waals surface area contributed by atoms with E-state index in [9.17, 15) is 4.79 Å². The van der Waals surface area contributed by atoms with Crippen molar-refractivity contribution in [2.45, 2.75) is 6.92 Å². The summed E-state index contributed by atoms with van der Waals surface area (Å²) < 4.78 is 10.9. The van der Waals surface area contributed by atoms with Gasteiger partial charge in [-0.05, 0) is 43.3 Å². The molecule has 0 bridgehead atoms. The number of nitrogens with zero attached hydrogens (tertiary/aromatic N) is 5. The highest BCUT2D eigenvalue weighted by atomic mass is 16.5. The minimum Gasteiger partial charge on any atom is -0.494 e. The summed E-state index contributed by atoms with van der Waals surface area (Å²) in [5.41, 5.74) is 3.01. The number of benzene rings is 2. The Morgan fingerprint density at radius 1 is 0.912 bits per heavy atom. The first-order valence-corrected chi connectivity index (χ1v) is 11.3. The van der Waals surface area contributed by atoms with Crippen molar-refractivity contribution < 1.29 is 14.1 Å². The largest absolute Gasteiger partial charge is 0.494 e. The van der Waals surface area contributed by atoms with E-state index in [1.807, 2.05) is 73.7 Å². The Labute approximate surface area is 197 Å². The zero-order valence-corrected chi connectivity index (χ0v) is 18.9. The van der Waals surface area contributed by atoms with Gasteiger partial charge in [-0.1, -0.05) is 35.5 Å². The number of aromatic nitrogens is 3. The first-order valence-electron chi connectivity index (χ1n) is 11.3. The van der Waals surface area contributed by atoms with E-state index in [0.29, 0.717) is 44.2 Å². The Morgan fingerprint density at radius 2 is 1.68 bits per heavy atom. The lowest BCUT2D eigenvalue weighted by Gasteiger charge is -2.34. The molecule has 172 valence electrons. The smallest absolute Gasteiger partial charge is 0.276 e. The van der Waals surface area contributed by atoms with Crippen LogP contribution >= 0.6 is 0 Å². The summed E-state index contributed by atoms with van der Waals surface area (Å²) in [5, 5.41) is 12.8. The maximum Gasteiger partial charge on any atom is 0.276 e. The predicted molar refractivity (Wildman–Crippen MR) is 129 cm³/mol. The van der Waals surface area contributed by atoms with Gasteiger partial charge in [0.15, 0.2) is 17.3 Å². The van der Waals surface area contributed by atoms with Crippen molar-refractivity contribution in [2.24, 2.45) is 0 Å². The molecular formula is C26H25N5O3. The second kappa shape index (κ2) is 9.74. The van der Waals surface area contributed by atoms with Gasteiger partial charge in [-0.2, -0.15) is 0 Å². The quantitative estimate of drug-likeness (QED) is 0.432. The van der Waals surface area contributed by atoms with Crippen molar-refractivity contribution in [1.29, 1.82) is 0 Å². The number of rotatable bonds is 6. The molecule has 1 saturated heterocycles. The first-order chi connectivity index (χ1) is 16.7. The molecule has 0 spiro atoms. The molecule has 2 aromatic carbocycles. The van der Waals surface area contributed by atoms with Crippen molar-refractivity contribution in [1.82, 2.24) is 20.3 Å². The molecule has 1 fully saturated rings. The molecule has 3 heterocycles. The van der Waals surface area contributed by atoms with Crippen LogP contribution in [-0.4, -0.2) is 58.9 Å². The van der Waals surface area contributed by atoms with Crippen LogP contribution in [0.4, 0.5) is 5.82 Å². The van der Waals surface area contributed by atoms with E-state index in [2.05, 4.69) is 20.3 Å². The SMILES string of the molecule is CCOc1ccc(-c2ccc(N3CCN(C(=O)c4cc(-c5ccccc5)on4)CC3)nn2)cc1. The van der Waals surface area contributed by atoms with Gasteiger partial charge in [0, 0.05) is 43.4 Å². The summed E-state index contributed by atoms with van der Waals surface area (Å²) in [6.45, 7) is 5.10. The first kappa shape index (κ1) is 21.6. The van der Waals surface area contributed by atoms with Crippen LogP contribution in [0.2, 0.25) is 0 Å². The van der Waals surface area contributed by atoms with Gasteiger partial charge in [-0.25, -0.2) is 0 Å². The molecule has 0 unspecified atom stereocenters. The zero-order chi connectivity index (χ0) is 23.3. The van der Waals surface area contributed by atoms with E-state index in [0.717, 1.165) is 28.4 Å². The van der Waals surface area contributed by atoms with Crippen LogP contribution in [-0.2, 0) is 0 Å². The molecule has 8 nitrogen and oxygen atoms in total. The van der Waals surface area contributed by atoms with Crippen LogP contribution in [0.15, 0.2) is 77.3 Å². The van der Waals surface area contributed by atoms with Crippen LogP contribution in [0.3, 0.4) is 0 Å². The summed E-state index contributed by atoms with van der Waals surface area (Å²) in [4.78, 5) is 16.8. The fourth-order valence-electron chi connectivity index (χ4n) is 3.95. The standard InChI is InChI=1S/C26H25N5O3/c1-2-33-21-10-8-19(9-11-21)22-12-13-25(28-27-22)30-14-16-31(17-15-30)26(32)23-18-24(34-29-23)20-6-4-3-5-7-20/h3-13,18H,2,14-17H2,1H3. The third-order valence-electron chi connectivity index (χ3n) is 5.79. The molecule has 1 aliphatic heterocycles. The monoisotopic (exact) mass is 455 g/mol. The number of carbonyl (C=O) groups is 1. The van der Waals surface area contributed by atoms with Crippen molar-refractivity contribution in [3.8, 4) is 28.3 Å². The van der Waals surface area contributed by atoms with E-state index in [-0.39, 0.29) is 5.91 Å². The lowest BCUT2D eigenvalue weighted by atomic mass is 10.1. The second-order valence-corrected chi connectivity index (χ2v) is 7.96. The second-order valence-electron chi connectivity index (χ2n) is 7.96. The van der Waals surface area contributed by atoms with Gasteiger partial charge in [0.25, 0.3) is 5.91 Å². The van der Waals surface area contributed by atoms with Gasteiger partial charge in [0.05, 0.1) is 12.3 Å². The molecule has 1 aliphatic rings. The molecule has 5 rings (SSSR count). The fourth-order valence-corrected chi connectivity index (χ4v) is 3.95. The lowest BCUT2D eigenvalue weighted by molar-refractivity contribution is 0.0736. The Morgan fingerprint density at radius 3 is 2.35 bits per heavy atom. The Hall–Kier alpha value is -4.20. The van der Waals surface area contributed by atoms with Crippen LogP contribution in [0.1, 0.15) is 17.4 Å². The van der Waals surface area contributed by atoms with Crippen molar-refractivity contribution in [3.63, 3.8) is 0 Å². The zero-order valence-electron chi connectivity index (χ0n) is 18.9. The molecule has 34 heavy (non-hydrogen) atoms. The van der Waals surface area contributed by atoms with Gasteiger partial charge in [0.2, 0.25) is 0 Å². The number of hydrogen-bond acceptors (Lipinski definition) is 7. The van der Waals surface area contributed by atoms with Gasteiger partial charge >= 0.3 is 0 Å². The minimum absolute atomic E-state index is 0.123. The van der Waals surface area contributed by atoms with Crippen molar-refractivity contribution in [3.05, 3.63) is 78.5 Å². The molecular weight excluding hydrogens is 430 g/mol. The van der Waals surface area contributed by atoms with Crippen molar-refractivity contribution >= 4 is 11.7 Å². The number of anilines is 1. The normalized spacial score (nSPS) is 13.7. The molecule has 0 atom stereocenters. The lowest BCUT2D eigenvalue weighted by Crippen LogP contribution is -2.49. The molecule has 0 aliphatic carbocycles. The number of hydrogen-bond donors (Lipinski definition) is 0. The Bertz CT molecular complexity index is 1230. The molecule has 8 heteroatoms. The summed E-state index contributed by atoms with van der Waals surface area (Å²) in [6, 6.07) is 23.1. The highest BCUT2D eigenvalue weighted by Crippen LogP contribution is 2.23. The van der Waals surface area contributed by atoms with E-state index in [4.69, 9.17) is 9.26 Å². The van der Waals surface area contributed by atoms with Gasteiger partial charge < -0.3 is 19.1 Å². The summed E-state index contributed by atoms with van der Waals surface area (Å²) in [5.74, 6) is 2.10. The third-order valence-corrected chi connectivity index (χ3v) is 5.79. The topological polar surface area (TPSA) is 84.6 Å². The van der Waals surface area contributed by atoms with Gasteiger partial charge in [0.1, 0.15) is 5.75 Å². The molecule has 1 amide bonds. The number of carbonyl (C=O) groups excluding carboxylic acids is 1. The minimum atomic E-state index is -0.123. The van der Waals surface area contributed by atoms with Crippen LogP contribution < -0.4 is 9.64 Å². The maximum absolute atomic E-state index is 12.9. The van der Waals surface area contributed by atoms with Crippen LogP contribution in [0.25, 0.3) is 22.6 Å². The number of piperazine rings is 1. The Balaban J connectivity index is 1.19. The molecule has 0 radical (unpaired) electrons. The average molecular weight is 456 g/mol. The van der Waals surface area contributed by atoms with Crippen LogP contribution in [0, 0.1) is 0 Å². The van der Waals surface area contributed by atoms with Gasteiger partial charge in [-0.15, -0.1) is 10.2 Å². The number of amides is 1. The van der Waals surface area contributed by atoms with Crippen LogP contribution in [0.5, 0.6) is 5.75 Å². The molecule has 0 N–H and O–H groups in total. The van der Waals surface area contributed by atoms with E-state index >= 15 is 0 Å². The number of ether oxygens (including phenoxy) is 1. The summed E-state index contributed by atoms with van der Waals surface area (Å²) >= 11 is 0. The molecule has 4 aromatic rings.